The van der Waals surface area contributed by atoms with E-state index in [9.17, 15) is 9.59 Å². The summed E-state index contributed by atoms with van der Waals surface area (Å²) in [5.74, 6) is 0.265. The third kappa shape index (κ3) is 3.97. The highest BCUT2D eigenvalue weighted by molar-refractivity contribution is 9.10. The minimum absolute atomic E-state index is 0.0132. The molecule has 0 radical (unpaired) electrons. The first kappa shape index (κ1) is 16.1. The van der Waals surface area contributed by atoms with Crippen LogP contribution in [0.2, 0.25) is 0 Å². The quantitative estimate of drug-likeness (QED) is 0.868. The third-order valence-corrected chi connectivity index (χ3v) is 5.12. The van der Waals surface area contributed by atoms with E-state index in [4.69, 9.17) is 0 Å². The maximum absolute atomic E-state index is 12.4. The van der Waals surface area contributed by atoms with Crippen molar-refractivity contribution in [2.45, 2.75) is 12.8 Å². The lowest BCUT2D eigenvalue weighted by Gasteiger charge is -2.31. The number of nitrogens with one attached hydrogen (secondary N) is 1. The van der Waals surface area contributed by atoms with Gasteiger partial charge < -0.3 is 10.2 Å². The molecule has 2 amide bonds. The zero-order valence-corrected chi connectivity index (χ0v) is 14.8. The van der Waals surface area contributed by atoms with Crippen molar-refractivity contribution in [3.8, 4) is 0 Å². The van der Waals surface area contributed by atoms with Crippen molar-refractivity contribution >= 4 is 44.9 Å². The van der Waals surface area contributed by atoms with Crippen LogP contribution in [0.25, 0.3) is 0 Å². The summed E-state index contributed by atoms with van der Waals surface area (Å²) in [6.45, 7) is 1.16. The second-order valence-electron chi connectivity index (χ2n) is 5.42. The third-order valence-electron chi connectivity index (χ3n) is 3.79. The predicted molar refractivity (Wildman–Crippen MR) is 93.5 cm³/mol. The van der Waals surface area contributed by atoms with Crippen molar-refractivity contribution < 1.29 is 9.59 Å². The summed E-state index contributed by atoms with van der Waals surface area (Å²) in [7, 11) is 0. The Morgan fingerprint density at radius 1 is 1.35 bits per heavy atom. The Hall–Kier alpha value is -1.73. The molecule has 1 saturated heterocycles. The Balaban J connectivity index is 1.62. The summed E-state index contributed by atoms with van der Waals surface area (Å²) < 4.78 is 0.862. The van der Waals surface area contributed by atoms with Gasteiger partial charge in [0.2, 0.25) is 5.91 Å². The summed E-state index contributed by atoms with van der Waals surface area (Å²) >= 11 is 4.74. The first-order valence-electron chi connectivity index (χ1n) is 7.38. The summed E-state index contributed by atoms with van der Waals surface area (Å²) in [6, 6.07) is 7.27. The van der Waals surface area contributed by atoms with Crippen LogP contribution in [-0.2, 0) is 4.79 Å². The number of hydrogen-bond donors (Lipinski definition) is 1. The number of carbonyl (C=O) groups excluding carboxylic acids is 2. The van der Waals surface area contributed by atoms with Gasteiger partial charge in [-0.25, -0.2) is 4.98 Å². The van der Waals surface area contributed by atoms with Crippen molar-refractivity contribution in [1.29, 1.82) is 0 Å². The maximum Gasteiger partial charge on any atom is 0.263 e. The maximum atomic E-state index is 12.4. The molecule has 7 heteroatoms. The van der Waals surface area contributed by atoms with E-state index in [-0.39, 0.29) is 17.7 Å². The number of likely N-dealkylation sites (tertiary alicyclic amines) is 1. The number of nitrogens with zero attached hydrogens (tertiary/aromatic N) is 2. The number of piperidine rings is 1. The van der Waals surface area contributed by atoms with Crippen LogP contribution in [0.15, 0.2) is 40.3 Å². The van der Waals surface area contributed by atoms with E-state index in [2.05, 4.69) is 26.2 Å². The summed E-state index contributed by atoms with van der Waals surface area (Å²) in [5.41, 5.74) is 0. The van der Waals surface area contributed by atoms with Crippen molar-refractivity contribution in [2.75, 3.05) is 18.4 Å². The molecule has 0 bridgehead atoms. The van der Waals surface area contributed by atoms with Gasteiger partial charge in [-0.3, -0.25) is 9.59 Å². The molecule has 0 unspecified atom stereocenters. The van der Waals surface area contributed by atoms with E-state index in [0.717, 1.165) is 22.2 Å². The molecule has 0 aromatic carbocycles. The number of anilines is 1. The van der Waals surface area contributed by atoms with Crippen LogP contribution < -0.4 is 5.32 Å². The number of amides is 2. The van der Waals surface area contributed by atoms with Crippen LogP contribution >= 0.6 is 27.3 Å². The Morgan fingerprint density at radius 3 is 2.91 bits per heavy atom. The lowest BCUT2D eigenvalue weighted by atomic mass is 9.97. The van der Waals surface area contributed by atoms with Crippen molar-refractivity contribution in [1.82, 2.24) is 9.88 Å². The fourth-order valence-electron chi connectivity index (χ4n) is 2.61. The molecular formula is C16H16BrN3O2S. The molecule has 2 aromatic heterocycles. The molecule has 1 atom stereocenters. The minimum Gasteiger partial charge on any atom is -0.337 e. The monoisotopic (exact) mass is 393 g/mol. The van der Waals surface area contributed by atoms with Gasteiger partial charge in [-0.15, -0.1) is 11.3 Å². The van der Waals surface area contributed by atoms with E-state index in [1.807, 2.05) is 23.6 Å². The van der Waals surface area contributed by atoms with E-state index >= 15 is 0 Å². The molecule has 1 aliphatic rings. The van der Waals surface area contributed by atoms with Crippen LogP contribution in [0.4, 0.5) is 5.82 Å². The molecule has 5 nitrogen and oxygen atoms in total. The molecule has 2 aromatic rings. The van der Waals surface area contributed by atoms with Gasteiger partial charge in [0.1, 0.15) is 5.82 Å². The van der Waals surface area contributed by atoms with E-state index < -0.39 is 0 Å². The summed E-state index contributed by atoms with van der Waals surface area (Å²) in [5, 5.41) is 4.72. The molecule has 0 spiro atoms. The van der Waals surface area contributed by atoms with Gasteiger partial charge in [0.25, 0.3) is 5.91 Å². The van der Waals surface area contributed by atoms with Crippen molar-refractivity contribution in [3.63, 3.8) is 0 Å². The van der Waals surface area contributed by atoms with Gasteiger partial charge in [-0.05, 0) is 52.4 Å². The average molecular weight is 394 g/mol. The van der Waals surface area contributed by atoms with E-state index in [1.54, 1.807) is 17.2 Å². The number of halogens is 1. The number of pyridine rings is 1. The van der Waals surface area contributed by atoms with Gasteiger partial charge in [0.15, 0.2) is 0 Å². The Morgan fingerprint density at radius 2 is 2.22 bits per heavy atom. The number of thiophene rings is 1. The fraction of sp³-hybridized carbons (Fsp3) is 0.312. The normalized spacial score (nSPS) is 17.8. The first-order chi connectivity index (χ1) is 11.1. The zero-order chi connectivity index (χ0) is 16.2. The topological polar surface area (TPSA) is 62.3 Å². The number of carbonyl (C=O) groups is 2. The van der Waals surface area contributed by atoms with Gasteiger partial charge in [0.05, 0.1) is 10.8 Å². The molecular weight excluding hydrogens is 378 g/mol. The summed E-state index contributed by atoms with van der Waals surface area (Å²) in [6.07, 6.45) is 3.27. The van der Waals surface area contributed by atoms with Crippen LogP contribution in [-0.4, -0.2) is 34.8 Å². The van der Waals surface area contributed by atoms with Crippen molar-refractivity contribution in [3.05, 3.63) is 45.2 Å². The lowest BCUT2D eigenvalue weighted by molar-refractivity contribution is -0.121. The number of aromatic nitrogens is 1. The molecule has 1 fully saturated rings. The van der Waals surface area contributed by atoms with Gasteiger partial charge in [-0.1, -0.05) is 6.07 Å². The Kier molecular flexibility index (Phi) is 5.07. The molecule has 1 aliphatic heterocycles. The number of hydrogen-bond acceptors (Lipinski definition) is 4. The minimum atomic E-state index is -0.196. The standard InChI is InChI=1S/C16H16BrN3O2S/c17-12-5-6-14(18-9-12)19-15(21)11-3-1-7-20(10-11)16(22)13-4-2-8-23-13/h2,4-6,8-9,11H,1,3,7,10H2,(H,18,19,21)/t11-/m0/s1. The zero-order valence-electron chi connectivity index (χ0n) is 12.4. The Labute approximate surface area is 146 Å². The molecule has 3 heterocycles. The SMILES string of the molecule is O=C(Nc1ccc(Br)cn1)[C@H]1CCCN(C(=O)c2cccs2)C1. The average Bonchev–Trinajstić information content (AvgIpc) is 3.11. The molecule has 0 aliphatic carbocycles. The van der Waals surface area contributed by atoms with Crippen LogP contribution in [0.1, 0.15) is 22.5 Å². The highest BCUT2D eigenvalue weighted by Gasteiger charge is 2.29. The molecule has 3 rings (SSSR count). The smallest absolute Gasteiger partial charge is 0.263 e. The first-order valence-corrected chi connectivity index (χ1v) is 9.06. The van der Waals surface area contributed by atoms with E-state index in [0.29, 0.717) is 18.9 Å². The second kappa shape index (κ2) is 7.23. The molecule has 1 N–H and O–H groups in total. The fourth-order valence-corrected chi connectivity index (χ4v) is 3.54. The highest BCUT2D eigenvalue weighted by Crippen LogP contribution is 2.22. The molecule has 120 valence electrons. The molecule has 0 saturated carbocycles. The largest absolute Gasteiger partial charge is 0.337 e. The van der Waals surface area contributed by atoms with Crippen LogP contribution in [0.3, 0.4) is 0 Å². The van der Waals surface area contributed by atoms with Gasteiger partial charge >= 0.3 is 0 Å². The highest BCUT2D eigenvalue weighted by atomic mass is 79.9. The number of rotatable bonds is 3. The lowest BCUT2D eigenvalue weighted by Crippen LogP contribution is -2.43. The summed E-state index contributed by atoms with van der Waals surface area (Å²) in [4.78, 5) is 31.5. The second-order valence-corrected chi connectivity index (χ2v) is 7.28. The van der Waals surface area contributed by atoms with E-state index in [1.165, 1.54) is 11.3 Å². The van der Waals surface area contributed by atoms with Gasteiger partial charge in [-0.2, -0.15) is 0 Å². The van der Waals surface area contributed by atoms with Gasteiger partial charge in [0, 0.05) is 23.8 Å². The van der Waals surface area contributed by atoms with Crippen LogP contribution in [0.5, 0.6) is 0 Å². The molecule has 23 heavy (non-hydrogen) atoms. The van der Waals surface area contributed by atoms with Crippen molar-refractivity contribution in [2.24, 2.45) is 5.92 Å². The Bertz CT molecular complexity index is 688. The van der Waals surface area contributed by atoms with Crippen LogP contribution in [0, 0.1) is 5.92 Å². The predicted octanol–water partition coefficient (Wildman–Crippen LogP) is 3.40.